The van der Waals surface area contributed by atoms with Gasteiger partial charge >= 0.3 is 6.18 Å². The molecule has 24 heavy (non-hydrogen) atoms. The van der Waals surface area contributed by atoms with Crippen molar-refractivity contribution in [3.8, 4) is 11.6 Å². The van der Waals surface area contributed by atoms with Gasteiger partial charge in [-0.1, -0.05) is 6.07 Å². The first-order valence-electron chi connectivity index (χ1n) is 6.86. The number of alkyl halides is 3. The van der Waals surface area contributed by atoms with Gasteiger partial charge in [-0.05, 0) is 24.3 Å². The summed E-state index contributed by atoms with van der Waals surface area (Å²) < 4.78 is 47.7. The molecule has 0 bridgehead atoms. The van der Waals surface area contributed by atoms with Crippen LogP contribution < -0.4 is 14.8 Å². The van der Waals surface area contributed by atoms with Crippen molar-refractivity contribution in [1.29, 1.82) is 0 Å². The number of nitrogens with one attached hydrogen (secondary N) is 1. The van der Waals surface area contributed by atoms with Crippen LogP contribution in [0.5, 0.6) is 11.6 Å². The highest BCUT2D eigenvalue weighted by atomic mass is 19.4. The normalized spacial score (nSPS) is 11.0. The fraction of sp³-hybridized carbons (Fsp3) is 0.267. The van der Waals surface area contributed by atoms with E-state index in [-0.39, 0.29) is 30.5 Å². The van der Waals surface area contributed by atoms with Crippen LogP contribution in [-0.2, 0) is 6.18 Å². The number of hydrogen-bond acceptors (Lipinski definition) is 5. The van der Waals surface area contributed by atoms with Gasteiger partial charge in [0, 0.05) is 6.07 Å². The van der Waals surface area contributed by atoms with Gasteiger partial charge in [-0.15, -0.1) is 10.2 Å². The number of carbonyl (C=O) groups is 1. The average Bonchev–Trinajstić information content (AvgIpc) is 2.58. The van der Waals surface area contributed by atoms with Gasteiger partial charge in [0.05, 0.1) is 19.2 Å². The van der Waals surface area contributed by atoms with E-state index in [0.717, 1.165) is 12.1 Å². The van der Waals surface area contributed by atoms with E-state index < -0.39 is 17.6 Å². The summed E-state index contributed by atoms with van der Waals surface area (Å²) in [6, 6.07) is 7.44. The van der Waals surface area contributed by atoms with E-state index in [0.29, 0.717) is 0 Å². The van der Waals surface area contributed by atoms with Crippen LogP contribution in [0.1, 0.15) is 16.1 Å². The monoisotopic (exact) mass is 341 g/mol. The molecule has 6 nitrogen and oxygen atoms in total. The highest BCUT2D eigenvalue weighted by Crippen LogP contribution is 2.31. The third-order valence-corrected chi connectivity index (χ3v) is 2.90. The first-order valence-corrected chi connectivity index (χ1v) is 6.86. The summed E-state index contributed by atoms with van der Waals surface area (Å²) in [6.07, 6.45) is -4.43. The molecule has 0 fully saturated rings. The van der Waals surface area contributed by atoms with Crippen LogP contribution in [0.4, 0.5) is 13.2 Å². The number of carbonyl (C=O) groups excluding carboxylic acids is 1. The zero-order valence-electron chi connectivity index (χ0n) is 12.6. The van der Waals surface area contributed by atoms with Crippen LogP contribution >= 0.6 is 0 Å². The molecular formula is C15H14F3N3O3. The molecule has 2 aromatic rings. The number of hydrogen-bond donors (Lipinski definition) is 1. The Morgan fingerprint density at radius 1 is 1.21 bits per heavy atom. The van der Waals surface area contributed by atoms with Crippen molar-refractivity contribution in [2.24, 2.45) is 0 Å². The van der Waals surface area contributed by atoms with Gasteiger partial charge in [0.25, 0.3) is 5.91 Å². The topological polar surface area (TPSA) is 73.3 Å². The Morgan fingerprint density at radius 2 is 2.00 bits per heavy atom. The van der Waals surface area contributed by atoms with Crippen molar-refractivity contribution >= 4 is 5.91 Å². The summed E-state index contributed by atoms with van der Waals surface area (Å²) in [4.78, 5) is 11.8. The minimum Gasteiger partial charge on any atom is -0.492 e. The van der Waals surface area contributed by atoms with Crippen LogP contribution in [0.3, 0.4) is 0 Å². The van der Waals surface area contributed by atoms with Gasteiger partial charge in [0.1, 0.15) is 12.4 Å². The van der Waals surface area contributed by atoms with Crippen molar-refractivity contribution < 1.29 is 27.4 Å². The smallest absolute Gasteiger partial charge is 0.416 e. The first kappa shape index (κ1) is 17.5. The van der Waals surface area contributed by atoms with Gasteiger partial charge in [-0.2, -0.15) is 13.2 Å². The second-order valence-corrected chi connectivity index (χ2v) is 4.59. The molecule has 0 aliphatic rings. The van der Waals surface area contributed by atoms with Gasteiger partial charge in [0.15, 0.2) is 5.69 Å². The highest BCUT2D eigenvalue weighted by molar-refractivity contribution is 5.92. The number of methoxy groups -OCH3 is 1. The minimum atomic E-state index is -4.43. The summed E-state index contributed by atoms with van der Waals surface area (Å²) >= 11 is 0. The van der Waals surface area contributed by atoms with Crippen LogP contribution in [0.15, 0.2) is 36.4 Å². The lowest BCUT2D eigenvalue weighted by atomic mass is 10.2. The molecule has 128 valence electrons. The maximum atomic E-state index is 12.6. The summed E-state index contributed by atoms with van der Waals surface area (Å²) in [5, 5.41) is 9.85. The van der Waals surface area contributed by atoms with Crippen LogP contribution in [0.2, 0.25) is 0 Å². The second-order valence-electron chi connectivity index (χ2n) is 4.59. The molecular weight excluding hydrogens is 327 g/mol. The largest absolute Gasteiger partial charge is 0.492 e. The van der Waals surface area contributed by atoms with E-state index in [4.69, 9.17) is 9.47 Å². The molecule has 1 amide bonds. The Hall–Kier alpha value is -2.84. The molecule has 0 atom stereocenters. The molecule has 0 saturated heterocycles. The zero-order chi connectivity index (χ0) is 17.6. The maximum Gasteiger partial charge on any atom is 0.416 e. The molecule has 0 spiro atoms. The predicted molar refractivity (Wildman–Crippen MR) is 77.9 cm³/mol. The van der Waals surface area contributed by atoms with E-state index >= 15 is 0 Å². The summed E-state index contributed by atoms with van der Waals surface area (Å²) in [7, 11) is 1.43. The Morgan fingerprint density at radius 3 is 2.62 bits per heavy atom. The van der Waals surface area contributed by atoms with Gasteiger partial charge in [-0.3, -0.25) is 4.79 Å². The lowest BCUT2D eigenvalue weighted by Gasteiger charge is -2.10. The molecule has 1 aromatic carbocycles. The predicted octanol–water partition coefficient (Wildman–Crippen LogP) is 2.31. The Labute approximate surface area is 135 Å². The molecule has 1 heterocycles. The Kier molecular flexibility index (Phi) is 5.56. The van der Waals surface area contributed by atoms with Crippen LogP contribution in [0, 0.1) is 0 Å². The summed E-state index contributed by atoms with van der Waals surface area (Å²) in [5.74, 6) is -0.125. The molecule has 2 rings (SSSR count). The summed E-state index contributed by atoms with van der Waals surface area (Å²) in [5.41, 5.74) is -0.701. The number of rotatable bonds is 6. The number of ether oxygens (including phenoxy) is 2. The fourth-order valence-corrected chi connectivity index (χ4v) is 1.74. The number of aromatic nitrogens is 2. The molecule has 0 aliphatic carbocycles. The van der Waals surface area contributed by atoms with Gasteiger partial charge < -0.3 is 14.8 Å². The van der Waals surface area contributed by atoms with E-state index in [1.807, 2.05) is 0 Å². The Bertz CT molecular complexity index is 690. The first-order chi connectivity index (χ1) is 11.4. The van der Waals surface area contributed by atoms with Gasteiger partial charge in [0.2, 0.25) is 5.88 Å². The average molecular weight is 341 g/mol. The molecule has 9 heteroatoms. The number of amides is 1. The van der Waals surface area contributed by atoms with Crippen molar-refractivity contribution in [3.63, 3.8) is 0 Å². The van der Waals surface area contributed by atoms with E-state index in [1.165, 1.54) is 31.4 Å². The van der Waals surface area contributed by atoms with Gasteiger partial charge in [-0.25, -0.2) is 0 Å². The number of benzene rings is 1. The third kappa shape index (κ3) is 4.83. The SMILES string of the molecule is COc1ccc(C(=O)NCCOc2cccc(C(F)(F)F)c2)nn1. The maximum absolute atomic E-state index is 12.6. The van der Waals surface area contributed by atoms with Crippen LogP contribution in [0.25, 0.3) is 0 Å². The molecule has 1 aromatic heterocycles. The van der Waals surface area contributed by atoms with E-state index in [2.05, 4.69) is 15.5 Å². The molecule has 0 radical (unpaired) electrons. The lowest BCUT2D eigenvalue weighted by molar-refractivity contribution is -0.137. The zero-order valence-corrected chi connectivity index (χ0v) is 12.6. The van der Waals surface area contributed by atoms with E-state index in [9.17, 15) is 18.0 Å². The Balaban J connectivity index is 1.81. The standard InChI is InChI=1S/C15H14F3N3O3/c1-23-13-6-5-12(20-21-13)14(22)19-7-8-24-11-4-2-3-10(9-11)15(16,17)18/h2-6,9H,7-8H2,1H3,(H,19,22). The second kappa shape index (κ2) is 7.62. The fourth-order valence-electron chi connectivity index (χ4n) is 1.74. The quantitative estimate of drug-likeness (QED) is 0.816. The van der Waals surface area contributed by atoms with Crippen LogP contribution in [-0.4, -0.2) is 36.4 Å². The number of halogens is 3. The van der Waals surface area contributed by atoms with Crippen molar-refractivity contribution in [1.82, 2.24) is 15.5 Å². The van der Waals surface area contributed by atoms with Crippen molar-refractivity contribution in [3.05, 3.63) is 47.7 Å². The minimum absolute atomic E-state index is 0.0105. The molecule has 0 unspecified atom stereocenters. The molecule has 0 saturated carbocycles. The summed E-state index contributed by atoms with van der Waals surface area (Å²) in [6.45, 7) is 0.111. The van der Waals surface area contributed by atoms with Crippen molar-refractivity contribution in [2.45, 2.75) is 6.18 Å². The molecule has 1 N–H and O–H groups in total. The third-order valence-electron chi connectivity index (χ3n) is 2.90. The molecule has 0 aliphatic heterocycles. The van der Waals surface area contributed by atoms with Crippen molar-refractivity contribution in [2.75, 3.05) is 20.3 Å². The lowest BCUT2D eigenvalue weighted by Crippen LogP contribution is -2.29. The van der Waals surface area contributed by atoms with E-state index in [1.54, 1.807) is 0 Å². The highest BCUT2D eigenvalue weighted by Gasteiger charge is 2.30. The number of nitrogens with zero attached hydrogens (tertiary/aromatic N) is 2.